The molecule has 0 fully saturated rings. The topological polar surface area (TPSA) is 63.2 Å². The van der Waals surface area contributed by atoms with Crippen LogP contribution in [-0.2, 0) is 11.3 Å². The Morgan fingerprint density at radius 2 is 2.30 bits per heavy atom. The smallest absolute Gasteiger partial charge is 0.257 e. The lowest BCUT2D eigenvalue weighted by molar-refractivity contribution is -0.122. The summed E-state index contributed by atoms with van der Waals surface area (Å²) in [7, 11) is 1.58. The molecule has 1 aromatic carbocycles. The second kappa shape index (κ2) is 6.91. The van der Waals surface area contributed by atoms with Crippen LogP contribution in [0.15, 0.2) is 29.8 Å². The van der Waals surface area contributed by atoms with Crippen molar-refractivity contribution < 1.29 is 9.53 Å². The molecular formula is C14H17N3O2S. The van der Waals surface area contributed by atoms with Crippen LogP contribution in [0.25, 0.3) is 0 Å². The van der Waals surface area contributed by atoms with E-state index in [9.17, 15) is 4.79 Å². The summed E-state index contributed by atoms with van der Waals surface area (Å²) in [4.78, 5) is 16.6. The minimum Gasteiger partial charge on any atom is -0.484 e. The molecule has 0 aliphatic heterocycles. The van der Waals surface area contributed by atoms with E-state index in [4.69, 9.17) is 4.74 Å². The van der Waals surface area contributed by atoms with E-state index < -0.39 is 0 Å². The quantitative estimate of drug-likeness (QED) is 0.856. The third kappa shape index (κ3) is 3.96. The number of rotatable bonds is 6. The van der Waals surface area contributed by atoms with Crippen LogP contribution in [0.4, 0.5) is 5.69 Å². The maximum absolute atomic E-state index is 11.1. The van der Waals surface area contributed by atoms with Gasteiger partial charge in [-0.05, 0) is 19.1 Å². The SMILES string of the molecule is CNC(=O)COc1cccc(NCc2scnc2C)c1. The second-order valence-corrected chi connectivity index (χ2v) is 5.14. The molecule has 0 aliphatic rings. The van der Waals surface area contributed by atoms with Gasteiger partial charge in [-0.1, -0.05) is 6.07 Å². The zero-order valence-electron chi connectivity index (χ0n) is 11.5. The molecule has 106 valence electrons. The van der Waals surface area contributed by atoms with Crippen molar-refractivity contribution in [3.05, 3.63) is 40.3 Å². The van der Waals surface area contributed by atoms with Gasteiger partial charge in [-0.2, -0.15) is 0 Å². The predicted octanol–water partition coefficient (Wildman–Crippen LogP) is 2.19. The average molecular weight is 291 g/mol. The molecule has 0 radical (unpaired) electrons. The Morgan fingerprint density at radius 1 is 1.45 bits per heavy atom. The molecular weight excluding hydrogens is 274 g/mol. The Kier molecular flexibility index (Phi) is 4.95. The molecule has 20 heavy (non-hydrogen) atoms. The maximum atomic E-state index is 11.1. The van der Waals surface area contributed by atoms with E-state index >= 15 is 0 Å². The number of hydrogen-bond donors (Lipinski definition) is 2. The number of benzene rings is 1. The van der Waals surface area contributed by atoms with E-state index in [1.807, 2.05) is 36.7 Å². The normalized spacial score (nSPS) is 10.1. The van der Waals surface area contributed by atoms with Gasteiger partial charge in [-0.3, -0.25) is 4.79 Å². The number of nitrogens with one attached hydrogen (secondary N) is 2. The lowest BCUT2D eigenvalue weighted by Crippen LogP contribution is -2.24. The van der Waals surface area contributed by atoms with Crippen molar-refractivity contribution in [3.63, 3.8) is 0 Å². The first-order chi connectivity index (χ1) is 9.69. The first kappa shape index (κ1) is 14.3. The fourth-order valence-corrected chi connectivity index (χ4v) is 2.31. The first-order valence-corrected chi connectivity index (χ1v) is 7.13. The van der Waals surface area contributed by atoms with Gasteiger partial charge in [0.15, 0.2) is 6.61 Å². The standard InChI is InChI=1S/C14H17N3O2S/c1-10-13(20-9-17-10)7-16-11-4-3-5-12(6-11)19-8-14(18)15-2/h3-6,9,16H,7-8H2,1-2H3,(H,15,18). The summed E-state index contributed by atoms with van der Waals surface area (Å²) in [5.41, 5.74) is 3.84. The Morgan fingerprint density at radius 3 is 3.00 bits per heavy atom. The molecule has 2 rings (SSSR count). The van der Waals surface area contributed by atoms with Crippen molar-refractivity contribution in [3.8, 4) is 5.75 Å². The summed E-state index contributed by atoms with van der Waals surface area (Å²) >= 11 is 1.63. The fraction of sp³-hybridized carbons (Fsp3) is 0.286. The number of aromatic nitrogens is 1. The van der Waals surface area contributed by atoms with Crippen LogP contribution >= 0.6 is 11.3 Å². The Labute approximate surface area is 122 Å². The molecule has 0 aliphatic carbocycles. The van der Waals surface area contributed by atoms with Crippen LogP contribution in [0.5, 0.6) is 5.75 Å². The van der Waals surface area contributed by atoms with E-state index in [1.54, 1.807) is 18.4 Å². The molecule has 0 atom stereocenters. The Bertz CT molecular complexity index is 583. The number of thiazole rings is 1. The minimum absolute atomic E-state index is 0.0217. The molecule has 0 saturated carbocycles. The molecule has 1 aromatic heterocycles. The van der Waals surface area contributed by atoms with Gasteiger partial charge in [0.2, 0.25) is 0 Å². The van der Waals surface area contributed by atoms with Gasteiger partial charge >= 0.3 is 0 Å². The van der Waals surface area contributed by atoms with Crippen molar-refractivity contribution >= 4 is 22.9 Å². The molecule has 0 spiro atoms. The van der Waals surface area contributed by atoms with Gasteiger partial charge in [0.05, 0.1) is 17.7 Å². The number of carbonyl (C=O) groups excluding carboxylic acids is 1. The highest BCUT2D eigenvalue weighted by Gasteiger charge is 2.03. The molecule has 1 heterocycles. The molecule has 0 saturated heterocycles. The van der Waals surface area contributed by atoms with E-state index in [-0.39, 0.29) is 12.5 Å². The molecule has 0 unspecified atom stereocenters. The van der Waals surface area contributed by atoms with Gasteiger partial charge in [-0.15, -0.1) is 11.3 Å². The van der Waals surface area contributed by atoms with Crippen molar-refractivity contribution in [2.45, 2.75) is 13.5 Å². The summed E-state index contributed by atoms with van der Waals surface area (Å²) in [5, 5.41) is 5.83. The monoisotopic (exact) mass is 291 g/mol. The number of anilines is 1. The summed E-state index contributed by atoms with van der Waals surface area (Å²) in [5.74, 6) is 0.517. The summed E-state index contributed by atoms with van der Waals surface area (Å²) in [6, 6.07) is 7.55. The third-order valence-corrected chi connectivity index (χ3v) is 3.72. The van der Waals surface area contributed by atoms with Crippen LogP contribution in [-0.4, -0.2) is 24.5 Å². The average Bonchev–Trinajstić information content (AvgIpc) is 2.88. The van der Waals surface area contributed by atoms with Crippen molar-refractivity contribution in [1.82, 2.24) is 10.3 Å². The molecule has 0 bridgehead atoms. The molecule has 5 nitrogen and oxygen atoms in total. The van der Waals surface area contributed by atoms with Crippen LogP contribution < -0.4 is 15.4 Å². The van der Waals surface area contributed by atoms with Crippen LogP contribution in [0.1, 0.15) is 10.6 Å². The molecule has 1 amide bonds. The zero-order valence-corrected chi connectivity index (χ0v) is 12.3. The number of nitrogens with zero attached hydrogens (tertiary/aromatic N) is 1. The van der Waals surface area contributed by atoms with Gasteiger partial charge in [0.25, 0.3) is 5.91 Å². The van der Waals surface area contributed by atoms with Gasteiger partial charge in [-0.25, -0.2) is 4.98 Å². The number of hydrogen-bond acceptors (Lipinski definition) is 5. The van der Waals surface area contributed by atoms with E-state index in [1.165, 1.54) is 4.88 Å². The minimum atomic E-state index is -0.149. The maximum Gasteiger partial charge on any atom is 0.257 e. The van der Waals surface area contributed by atoms with Gasteiger partial charge in [0.1, 0.15) is 5.75 Å². The van der Waals surface area contributed by atoms with Crippen LogP contribution in [0, 0.1) is 6.92 Å². The summed E-state index contributed by atoms with van der Waals surface area (Å²) in [6.45, 7) is 2.75. The molecule has 6 heteroatoms. The number of amides is 1. The predicted molar refractivity (Wildman–Crippen MR) is 80.2 cm³/mol. The van der Waals surface area contributed by atoms with Gasteiger partial charge in [0, 0.05) is 23.7 Å². The zero-order chi connectivity index (χ0) is 14.4. The molecule has 2 N–H and O–H groups in total. The van der Waals surface area contributed by atoms with Crippen LogP contribution in [0.3, 0.4) is 0 Å². The highest BCUT2D eigenvalue weighted by atomic mass is 32.1. The van der Waals surface area contributed by atoms with E-state index in [0.29, 0.717) is 5.75 Å². The summed E-state index contributed by atoms with van der Waals surface area (Å²) in [6.07, 6.45) is 0. The van der Waals surface area contributed by atoms with Crippen molar-refractivity contribution in [2.75, 3.05) is 19.0 Å². The number of carbonyl (C=O) groups is 1. The third-order valence-electron chi connectivity index (χ3n) is 2.78. The number of likely N-dealkylation sites (N-methyl/N-ethyl adjacent to an activating group) is 1. The largest absolute Gasteiger partial charge is 0.484 e. The lowest BCUT2D eigenvalue weighted by Gasteiger charge is -2.09. The Hall–Kier alpha value is -2.08. The van der Waals surface area contributed by atoms with Gasteiger partial charge < -0.3 is 15.4 Å². The highest BCUT2D eigenvalue weighted by Crippen LogP contribution is 2.19. The number of ether oxygens (including phenoxy) is 1. The first-order valence-electron chi connectivity index (χ1n) is 6.25. The summed E-state index contributed by atoms with van der Waals surface area (Å²) < 4.78 is 5.40. The molecule has 2 aromatic rings. The lowest BCUT2D eigenvalue weighted by atomic mass is 10.3. The highest BCUT2D eigenvalue weighted by molar-refractivity contribution is 7.09. The van der Waals surface area contributed by atoms with Crippen molar-refractivity contribution in [1.29, 1.82) is 0 Å². The number of aryl methyl sites for hydroxylation is 1. The fourth-order valence-electron chi connectivity index (χ4n) is 1.60. The van der Waals surface area contributed by atoms with E-state index in [2.05, 4.69) is 15.6 Å². The van der Waals surface area contributed by atoms with Crippen molar-refractivity contribution in [2.24, 2.45) is 0 Å². The second-order valence-electron chi connectivity index (χ2n) is 4.20. The Balaban J connectivity index is 1.92. The van der Waals surface area contributed by atoms with E-state index in [0.717, 1.165) is 17.9 Å². The van der Waals surface area contributed by atoms with Crippen LogP contribution in [0.2, 0.25) is 0 Å².